The predicted molar refractivity (Wildman–Crippen MR) is 67.5 cm³/mol. The van der Waals surface area contributed by atoms with Crippen LogP contribution in [0, 0.1) is 11.8 Å². The number of likely N-dealkylation sites (tertiary alicyclic amines) is 1. The standard InChI is InChI=1S/C13H19ClN2/c1-10-5-11(2)8-16(7-10)9-12-3-4-15-13(14)6-12/h3-4,6,10-11H,5,7-9H2,1-2H3. The van der Waals surface area contributed by atoms with Gasteiger partial charge in [0, 0.05) is 25.8 Å². The van der Waals surface area contributed by atoms with Crippen molar-refractivity contribution in [2.24, 2.45) is 11.8 Å². The van der Waals surface area contributed by atoms with Crippen LogP contribution in [0.2, 0.25) is 5.15 Å². The molecule has 0 aliphatic carbocycles. The maximum atomic E-state index is 5.89. The van der Waals surface area contributed by atoms with Crippen LogP contribution in [0.25, 0.3) is 0 Å². The lowest BCUT2D eigenvalue weighted by Crippen LogP contribution is -2.38. The van der Waals surface area contributed by atoms with Gasteiger partial charge in [-0.3, -0.25) is 4.90 Å². The van der Waals surface area contributed by atoms with Crippen molar-refractivity contribution in [3.63, 3.8) is 0 Å². The molecule has 1 saturated heterocycles. The van der Waals surface area contributed by atoms with Crippen molar-refractivity contribution in [3.05, 3.63) is 29.0 Å². The van der Waals surface area contributed by atoms with Crippen LogP contribution < -0.4 is 0 Å². The summed E-state index contributed by atoms with van der Waals surface area (Å²) >= 11 is 5.89. The largest absolute Gasteiger partial charge is 0.299 e. The van der Waals surface area contributed by atoms with Crippen molar-refractivity contribution in [3.8, 4) is 0 Å². The lowest BCUT2D eigenvalue weighted by atomic mass is 9.92. The molecule has 0 spiro atoms. The number of aromatic nitrogens is 1. The Morgan fingerprint density at radius 1 is 1.38 bits per heavy atom. The van der Waals surface area contributed by atoms with Crippen molar-refractivity contribution in [2.75, 3.05) is 13.1 Å². The molecule has 2 unspecified atom stereocenters. The molecule has 88 valence electrons. The Kier molecular flexibility index (Phi) is 3.82. The van der Waals surface area contributed by atoms with Gasteiger partial charge in [-0.15, -0.1) is 0 Å². The van der Waals surface area contributed by atoms with E-state index in [-0.39, 0.29) is 0 Å². The van der Waals surface area contributed by atoms with Gasteiger partial charge in [-0.25, -0.2) is 4.98 Å². The first-order valence-corrected chi connectivity index (χ1v) is 6.34. The number of piperidine rings is 1. The number of nitrogens with zero attached hydrogens (tertiary/aromatic N) is 2. The van der Waals surface area contributed by atoms with E-state index >= 15 is 0 Å². The van der Waals surface area contributed by atoms with Gasteiger partial charge >= 0.3 is 0 Å². The summed E-state index contributed by atoms with van der Waals surface area (Å²) in [6.07, 6.45) is 3.14. The van der Waals surface area contributed by atoms with Crippen LogP contribution in [0.5, 0.6) is 0 Å². The third-order valence-electron chi connectivity index (χ3n) is 3.14. The summed E-state index contributed by atoms with van der Waals surface area (Å²) < 4.78 is 0. The molecule has 1 aliphatic rings. The first-order valence-electron chi connectivity index (χ1n) is 5.96. The van der Waals surface area contributed by atoms with E-state index < -0.39 is 0 Å². The fraction of sp³-hybridized carbons (Fsp3) is 0.615. The summed E-state index contributed by atoms with van der Waals surface area (Å²) in [5.74, 6) is 1.61. The zero-order chi connectivity index (χ0) is 11.5. The van der Waals surface area contributed by atoms with E-state index in [1.54, 1.807) is 6.20 Å². The molecule has 2 nitrogen and oxygen atoms in total. The Morgan fingerprint density at radius 3 is 2.69 bits per heavy atom. The Balaban J connectivity index is 1.98. The summed E-state index contributed by atoms with van der Waals surface area (Å²) in [5.41, 5.74) is 1.27. The van der Waals surface area contributed by atoms with E-state index in [0.29, 0.717) is 5.15 Å². The molecule has 1 aromatic heterocycles. The second kappa shape index (κ2) is 5.15. The molecule has 0 N–H and O–H groups in total. The first kappa shape index (κ1) is 11.9. The van der Waals surface area contributed by atoms with Gasteiger partial charge in [0.05, 0.1) is 0 Å². The highest BCUT2D eigenvalue weighted by atomic mass is 35.5. The number of rotatable bonds is 2. The number of halogens is 1. The molecule has 3 heteroatoms. The Labute approximate surface area is 103 Å². The molecule has 0 radical (unpaired) electrons. The molecule has 2 rings (SSSR count). The van der Waals surface area contributed by atoms with E-state index in [0.717, 1.165) is 18.4 Å². The lowest BCUT2D eigenvalue weighted by Gasteiger charge is -2.34. The van der Waals surface area contributed by atoms with E-state index in [1.165, 1.54) is 25.1 Å². The summed E-state index contributed by atoms with van der Waals surface area (Å²) in [7, 11) is 0. The smallest absolute Gasteiger partial charge is 0.129 e. The van der Waals surface area contributed by atoms with Gasteiger partial charge in [-0.1, -0.05) is 25.4 Å². The normalized spacial score (nSPS) is 26.9. The average Bonchev–Trinajstić information content (AvgIpc) is 2.15. The molecule has 16 heavy (non-hydrogen) atoms. The zero-order valence-corrected chi connectivity index (χ0v) is 10.7. The average molecular weight is 239 g/mol. The fourth-order valence-corrected chi connectivity index (χ4v) is 2.92. The highest BCUT2D eigenvalue weighted by molar-refractivity contribution is 6.29. The molecule has 0 aromatic carbocycles. The second-order valence-electron chi connectivity index (χ2n) is 5.13. The van der Waals surface area contributed by atoms with Gasteiger partial charge in [0.25, 0.3) is 0 Å². The monoisotopic (exact) mass is 238 g/mol. The highest BCUT2D eigenvalue weighted by Crippen LogP contribution is 2.22. The molecule has 1 aromatic rings. The topological polar surface area (TPSA) is 16.1 Å². The maximum Gasteiger partial charge on any atom is 0.129 e. The van der Waals surface area contributed by atoms with Gasteiger partial charge in [0.2, 0.25) is 0 Å². The molecule has 1 fully saturated rings. The van der Waals surface area contributed by atoms with Gasteiger partial charge in [0.1, 0.15) is 5.15 Å². The van der Waals surface area contributed by atoms with Gasteiger partial charge in [-0.2, -0.15) is 0 Å². The predicted octanol–water partition coefficient (Wildman–Crippen LogP) is 3.21. The molecular formula is C13H19ClN2. The molecule has 0 amide bonds. The molecular weight excluding hydrogens is 220 g/mol. The Bertz CT molecular complexity index is 344. The van der Waals surface area contributed by atoms with E-state index in [4.69, 9.17) is 11.6 Å². The van der Waals surface area contributed by atoms with E-state index in [1.807, 2.05) is 6.07 Å². The Hall–Kier alpha value is -0.600. The third kappa shape index (κ3) is 3.19. The summed E-state index contributed by atoms with van der Waals surface area (Å²) in [6.45, 7) is 8.07. The number of hydrogen-bond donors (Lipinski definition) is 0. The lowest BCUT2D eigenvalue weighted by molar-refractivity contribution is 0.134. The number of pyridine rings is 1. The maximum absolute atomic E-state index is 5.89. The zero-order valence-electron chi connectivity index (χ0n) is 9.99. The highest BCUT2D eigenvalue weighted by Gasteiger charge is 2.21. The summed E-state index contributed by atoms with van der Waals surface area (Å²) in [5, 5.41) is 0.593. The molecule has 2 heterocycles. The second-order valence-corrected chi connectivity index (χ2v) is 5.51. The Morgan fingerprint density at radius 2 is 2.06 bits per heavy atom. The van der Waals surface area contributed by atoms with Crippen LogP contribution in [-0.4, -0.2) is 23.0 Å². The summed E-state index contributed by atoms with van der Waals surface area (Å²) in [4.78, 5) is 6.53. The quantitative estimate of drug-likeness (QED) is 0.736. The van der Waals surface area contributed by atoms with Crippen LogP contribution in [0.1, 0.15) is 25.8 Å². The van der Waals surface area contributed by atoms with Crippen LogP contribution in [0.15, 0.2) is 18.3 Å². The van der Waals surface area contributed by atoms with Gasteiger partial charge in [-0.05, 0) is 36.0 Å². The fourth-order valence-electron chi connectivity index (χ4n) is 2.72. The van der Waals surface area contributed by atoms with Crippen LogP contribution >= 0.6 is 11.6 Å². The van der Waals surface area contributed by atoms with Crippen molar-refractivity contribution >= 4 is 11.6 Å². The molecule has 1 aliphatic heterocycles. The minimum Gasteiger partial charge on any atom is -0.299 e. The van der Waals surface area contributed by atoms with Crippen molar-refractivity contribution in [2.45, 2.75) is 26.8 Å². The van der Waals surface area contributed by atoms with Crippen LogP contribution in [0.4, 0.5) is 0 Å². The minimum atomic E-state index is 0.593. The van der Waals surface area contributed by atoms with Gasteiger partial charge in [0.15, 0.2) is 0 Å². The first-order chi connectivity index (χ1) is 7.63. The minimum absolute atomic E-state index is 0.593. The van der Waals surface area contributed by atoms with Gasteiger partial charge < -0.3 is 0 Å². The van der Waals surface area contributed by atoms with Crippen LogP contribution in [0.3, 0.4) is 0 Å². The summed E-state index contributed by atoms with van der Waals surface area (Å²) in [6, 6.07) is 4.02. The SMILES string of the molecule is CC1CC(C)CN(Cc2ccnc(Cl)c2)C1. The third-order valence-corrected chi connectivity index (χ3v) is 3.35. The van der Waals surface area contributed by atoms with E-state index in [2.05, 4.69) is 29.8 Å². The molecule has 2 atom stereocenters. The van der Waals surface area contributed by atoms with Crippen LogP contribution in [-0.2, 0) is 6.54 Å². The van der Waals surface area contributed by atoms with E-state index in [9.17, 15) is 0 Å². The molecule has 0 bridgehead atoms. The van der Waals surface area contributed by atoms with Crippen molar-refractivity contribution in [1.82, 2.24) is 9.88 Å². The number of hydrogen-bond acceptors (Lipinski definition) is 2. The van der Waals surface area contributed by atoms with Crippen molar-refractivity contribution in [1.29, 1.82) is 0 Å². The molecule has 0 saturated carbocycles. The van der Waals surface area contributed by atoms with Crippen molar-refractivity contribution < 1.29 is 0 Å².